The van der Waals surface area contributed by atoms with E-state index >= 15 is 0 Å². The van der Waals surface area contributed by atoms with E-state index in [9.17, 15) is 0 Å². The van der Waals surface area contributed by atoms with E-state index in [1.165, 1.54) is 0 Å². The van der Waals surface area contributed by atoms with Gasteiger partial charge in [0.15, 0.2) is 0 Å². The quantitative estimate of drug-likeness (QED) is 0.771. The molecule has 1 aliphatic heterocycles. The molecule has 5 nitrogen and oxygen atoms in total. The van der Waals surface area contributed by atoms with E-state index < -0.39 is 5.79 Å². The number of hydrogen-bond donors (Lipinski definition) is 0. The van der Waals surface area contributed by atoms with E-state index in [0.717, 1.165) is 10.4 Å². The van der Waals surface area contributed by atoms with Gasteiger partial charge in [0, 0.05) is 14.2 Å². The van der Waals surface area contributed by atoms with Crippen molar-refractivity contribution in [2.75, 3.05) is 32.2 Å². The number of ether oxygens (including phenoxy) is 2. The smallest absolute Gasteiger partial charge is 0.203 e. The molecule has 2 rings (SSSR count). The number of rotatable bonds is 3. The van der Waals surface area contributed by atoms with E-state index in [-0.39, 0.29) is 0 Å². The molecule has 82 valence electrons. The van der Waals surface area contributed by atoms with E-state index in [2.05, 4.69) is 25.9 Å². The van der Waals surface area contributed by atoms with Crippen molar-refractivity contribution in [3.05, 3.63) is 17.0 Å². The summed E-state index contributed by atoms with van der Waals surface area (Å²) in [6, 6.07) is 0. The molecule has 0 aromatic carbocycles. The number of halogens is 1. The summed E-state index contributed by atoms with van der Waals surface area (Å²) in [6.07, 6.45) is 3.40. The van der Waals surface area contributed by atoms with E-state index in [0.29, 0.717) is 13.1 Å². The summed E-state index contributed by atoms with van der Waals surface area (Å²) in [5.74, 6) is 0.359. The number of methoxy groups -OCH3 is 2. The van der Waals surface area contributed by atoms with Crippen LogP contribution in [0.3, 0.4) is 0 Å². The summed E-state index contributed by atoms with van der Waals surface area (Å²) in [6.45, 7) is 1.35. The second-order valence-corrected chi connectivity index (χ2v) is 4.18. The minimum atomic E-state index is -0.477. The molecule has 6 heteroatoms. The first kappa shape index (κ1) is 10.8. The van der Waals surface area contributed by atoms with Gasteiger partial charge >= 0.3 is 0 Å². The molecule has 0 N–H and O–H groups in total. The van der Waals surface area contributed by atoms with Crippen LogP contribution in [-0.4, -0.2) is 43.1 Å². The monoisotopic (exact) mass is 273 g/mol. The van der Waals surface area contributed by atoms with Gasteiger partial charge in [0.05, 0.1) is 25.5 Å². The standard InChI is InChI=1S/C9H12BrN3O2/c1-14-9(15-2)5-13(6-9)8-4-11-7(10)3-12-8/h3-4H,5-6H2,1-2H3. The third-order valence-corrected chi connectivity index (χ3v) is 2.95. The fourth-order valence-electron chi connectivity index (χ4n) is 1.51. The number of anilines is 1. The highest BCUT2D eigenvalue weighted by Crippen LogP contribution is 2.29. The summed E-state index contributed by atoms with van der Waals surface area (Å²) < 4.78 is 11.3. The third-order valence-electron chi connectivity index (χ3n) is 2.54. The molecule has 1 aliphatic rings. The summed E-state index contributed by atoms with van der Waals surface area (Å²) in [5, 5.41) is 0. The van der Waals surface area contributed by atoms with Gasteiger partial charge in [0.25, 0.3) is 0 Å². The number of aromatic nitrogens is 2. The molecule has 1 fully saturated rings. The van der Waals surface area contributed by atoms with Crippen LogP contribution in [0.15, 0.2) is 17.0 Å². The maximum Gasteiger partial charge on any atom is 0.203 e. The van der Waals surface area contributed by atoms with Crippen molar-refractivity contribution in [1.82, 2.24) is 9.97 Å². The van der Waals surface area contributed by atoms with Crippen molar-refractivity contribution in [3.63, 3.8) is 0 Å². The Kier molecular flexibility index (Phi) is 2.90. The van der Waals surface area contributed by atoms with Crippen molar-refractivity contribution in [2.45, 2.75) is 5.79 Å². The van der Waals surface area contributed by atoms with Crippen LogP contribution in [0.1, 0.15) is 0 Å². The van der Waals surface area contributed by atoms with Crippen LogP contribution in [0.2, 0.25) is 0 Å². The lowest BCUT2D eigenvalue weighted by molar-refractivity contribution is -0.219. The molecule has 0 amide bonds. The van der Waals surface area contributed by atoms with Gasteiger partial charge in [0.2, 0.25) is 5.79 Å². The summed E-state index contributed by atoms with van der Waals surface area (Å²) >= 11 is 3.24. The first-order valence-corrected chi connectivity index (χ1v) is 5.31. The van der Waals surface area contributed by atoms with Gasteiger partial charge in [-0.1, -0.05) is 0 Å². The van der Waals surface area contributed by atoms with Crippen molar-refractivity contribution >= 4 is 21.7 Å². The molecule has 0 unspecified atom stereocenters. The predicted octanol–water partition coefficient (Wildman–Crippen LogP) is 1.05. The van der Waals surface area contributed by atoms with Crippen LogP contribution >= 0.6 is 15.9 Å². The van der Waals surface area contributed by atoms with E-state index in [4.69, 9.17) is 9.47 Å². The average Bonchev–Trinajstić information content (AvgIpc) is 2.20. The maximum atomic E-state index is 5.28. The largest absolute Gasteiger partial charge is 0.350 e. The first-order valence-electron chi connectivity index (χ1n) is 4.52. The minimum absolute atomic E-state index is 0.477. The predicted molar refractivity (Wildman–Crippen MR) is 58.7 cm³/mol. The van der Waals surface area contributed by atoms with Gasteiger partial charge in [0.1, 0.15) is 10.4 Å². The van der Waals surface area contributed by atoms with Crippen LogP contribution in [0.4, 0.5) is 5.82 Å². The Hall–Kier alpha value is -0.720. The molecule has 0 spiro atoms. The second-order valence-electron chi connectivity index (χ2n) is 3.37. The van der Waals surface area contributed by atoms with Gasteiger partial charge in [-0.2, -0.15) is 0 Å². The Balaban J connectivity index is 2.02. The number of nitrogens with zero attached hydrogens (tertiary/aromatic N) is 3. The third kappa shape index (κ3) is 1.97. The lowest BCUT2D eigenvalue weighted by atomic mass is 10.1. The normalized spacial score (nSPS) is 18.7. The Morgan fingerprint density at radius 2 is 1.93 bits per heavy atom. The molecular weight excluding hydrogens is 262 g/mol. The fraction of sp³-hybridized carbons (Fsp3) is 0.556. The molecule has 15 heavy (non-hydrogen) atoms. The molecule has 1 aromatic rings. The summed E-state index contributed by atoms with van der Waals surface area (Å²) in [5.41, 5.74) is 0. The van der Waals surface area contributed by atoms with Gasteiger partial charge in [-0.3, -0.25) is 0 Å². The van der Waals surface area contributed by atoms with Gasteiger partial charge < -0.3 is 14.4 Å². The average molecular weight is 274 g/mol. The highest BCUT2D eigenvalue weighted by molar-refractivity contribution is 9.10. The molecule has 2 heterocycles. The lowest BCUT2D eigenvalue weighted by Crippen LogP contribution is -2.64. The Morgan fingerprint density at radius 3 is 2.40 bits per heavy atom. The molecule has 0 bridgehead atoms. The van der Waals surface area contributed by atoms with Gasteiger partial charge in [-0.15, -0.1) is 0 Å². The second kappa shape index (κ2) is 4.03. The zero-order chi connectivity index (χ0) is 10.9. The Bertz CT molecular complexity index is 332. The Labute approximate surface area is 96.5 Å². The topological polar surface area (TPSA) is 47.5 Å². The van der Waals surface area contributed by atoms with Crippen molar-refractivity contribution in [1.29, 1.82) is 0 Å². The summed E-state index contributed by atoms with van der Waals surface area (Å²) in [4.78, 5) is 10.4. The highest BCUT2D eigenvalue weighted by Gasteiger charge is 2.44. The maximum absolute atomic E-state index is 5.28. The van der Waals surface area contributed by atoms with Crippen LogP contribution in [0.25, 0.3) is 0 Å². The van der Waals surface area contributed by atoms with E-state index in [1.54, 1.807) is 26.6 Å². The zero-order valence-corrected chi connectivity index (χ0v) is 10.2. The molecule has 1 saturated heterocycles. The van der Waals surface area contributed by atoms with Crippen LogP contribution < -0.4 is 4.90 Å². The van der Waals surface area contributed by atoms with Crippen LogP contribution in [-0.2, 0) is 9.47 Å². The van der Waals surface area contributed by atoms with Crippen molar-refractivity contribution < 1.29 is 9.47 Å². The highest BCUT2D eigenvalue weighted by atomic mass is 79.9. The molecule has 1 aromatic heterocycles. The molecule has 0 atom stereocenters. The van der Waals surface area contributed by atoms with Crippen LogP contribution in [0, 0.1) is 0 Å². The minimum Gasteiger partial charge on any atom is -0.350 e. The SMILES string of the molecule is COC1(OC)CN(c2cnc(Br)cn2)C1. The first-order chi connectivity index (χ1) is 7.19. The van der Waals surface area contributed by atoms with Crippen molar-refractivity contribution in [2.24, 2.45) is 0 Å². The molecular formula is C9H12BrN3O2. The van der Waals surface area contributed by atoms with Gasteiger partial charge in [-0.25, -0.2) is 9.97 Å². The van der Waals surface area contributed by atoms with E-state index in [1.807, 2.05) is 4.90 Å². The van der Waals surface area contributed by atoms with Crippen LogP contribution in [0.5, 0.6) is 0 Å². The zero-order valence-electron chi connectivity index (χ0n) is 8.61. The number of hydrogen-bond acceptors (Lipinski definition) is 5. The van der Waals surface area contributed by atoms with Gasteiger partial charge in [-0.05, 0) is 15.9 Å². The van der Waals surface area contributed by atoms with Crippen molar-refractivity contribution in [3.8, 4) is 0 Å². The fourth-order valence-corrected chi connectivity index (χ4v) is 1.71. The molecule has 0 saturated carbocycles. The Morgan fingerprint density at radius 1 is 1.27 bits per heavy atom. The summed E-state index contributed by atoms with van der Waals surface area (Å²) in [7, 11) is 3.29. The molecule has 0 radical (unpaired) electrons. The molecule has 0 aliphatic carbocycles. The lowest BCUT2D eigenvalue weighted by Gasteiger charge is -2.47.